The Bertz CT molecular complexity index is 812. The highest BCUT2D eigenvalue weighted by Crippen LogP contribution is 2.29. The van der Waals surface area contributed by atoms with Gasteiger partial charge in [0.25, 0.3) is 0 Å². The monoisotopic (exact) mass is 339 g/mol. The molecule has 2 aromatic heterocycles. The van der Waals surface area contributed by atoms with Crippen LogP contribution in [0.5, 0.6) is 0 Å². The van der Waals surface area contributed by atoms with E-state index >= 15 is 0 Å². The van der Waals surface area contributed by atoms with Gasteiger partial charge >= 0.3 is 0 Å². The molecule has 0 unspecified atom stereocenters. The Morgan fingerprint density at radius 1 is 1.05 bits per heavy atom. The van der Waals surface area contributed by atoms with Crippen LogP contribution in [0.15, 0.2) is 53.1 Å². The lowest BCUT2D eigenvalue weighted by molar-refractivity contribution is 0.611. The van der Waals surface area contributed by atoms with Crippen molar-refractivity contribution in [2.24, 2.45) is 0 Å². The summed E-state index contributed by atoms with van der Waals surface area (Å²) < 4.78 is 1.07. The summed E-state index contributed by atoms with van der Waals surface area (Å²) in [4.78, 5) is 11.7. The molecule has 21 heavy (non-hydrogen) atoms. The summed E-state index contributed by atoms with van der Waals surface area (Å²) in [6.07, 6.45) is 3.11. The minimum absolute atomic E-state index is 0.985. The average Bonchev–Trinajstić information content (AvgIpc) is 2.45. The van der Waals surface area contributed by atoms with Gasteiger partial charge in [0, 0.05) is 34.7 Å². The number of hydrogen-bond acceptors (Lipinski definition) is 3. The fourth-order valence-electron chi connectivity index (χ4n) is 2.60. The first-order valence-corrected chi connectivity index (χ1v) is 7.87. The SMILES string of the molecule is Brc1cccc(-c2ccc3ccnc(N4CCC4)c3n2)c1. The van der Waals surface area contributed by atoms with Crippen LogP contribution in [0, 0.1) is 0 Å². The Morgan fingerprint density at radius 3 is 2.71 bits per heavy atom. The molecule has 0 saturated carbocycles. The van der Waals surface area contributed by atoms with Crippen LogP contribution in [0.1, 0.15) is 6.42 Å². The summed E-state index contributed by atoms with van der Waals surface area (Å²) in [6.45, 7) is 2.16. The lowest BCUT2D eigenvalue weighted by Crippen LogP contribution is -2.37. The van der Waals surface area contributed by atoms with Gasteiger partial charge in [-0.1, -0.05) is 34.1 Å². The third kappa shape index (κ3) is 2.29. The van der Waals surface area contributed by atoms with Gasteiger partial charge in [0.1, 0.15) is 5.52 Å². The number of anilines is 1. The van der Waals surface area contributed by atoms with E-state index in [4.69, 9.17) is 4.98 Å². The highest BCUT2D eigenvalue weighted by Gasteiger charge is 2.19. The summed E-state index contributed by atoms with van der Waals surface area (Å²) >= 11 is 3.52. The molecule has 3 nitrogen and oxygen atoms in total. The van der Waals surface area contributed by atoms with Crippen molar-refractivity contribution in [3.8, 4) is 11.3 Å². The highest BCUT2D eigenvalue weighted by atomic mass is 79.9. The van der Waals surface area contributed by atoms with Crippen molar-refractivity contribution in [1.82, 2.24) is 9.97 Å². The minimum Gasteiger partial charge on any atom is -0.355 e. The van der Waals surface area contributed by atoms with Crippen LogP contribution in [-0.2, 0) is 0 Å². The predicted molar refractivity (Wildman–Crippen MR) is 89.5 cm³/mol. The molecule has 104 valence electrons. The van der Waals surface area contributed by atoms with Crippen molar-refractivity contribution < 1.29 is 0 Å². The Morgan fingerprint density at radius 2 is 1.95 bits per heavy atom. The van der Waals surface area contributed by atoms with Gasteiger partial charge in [-0.25, -0.2) is 9.97 Å². The van der Waals surface area contributed by atoms with Crippen LogP contribution in [0.2, 0.25) is 0 Å². The van der Waals surface area contributed by atoms with Gasteiger partial charge in [-0.3, -0.25) is 0 Å². The van der Waals surface area contributed by atoms with Crippen molar-refractivity contribution in [3.63, 3.8) is 0 Å². The number of fused-ring (bicyclic) bond motifs is 1. The van der Waals surface area contributed by atoms with Crippen molar-refractivity contribution in [2.75, 3.05) is 18.0 Å². The van der Waals surface area contributed by atoms with Crippen LogP contribution in [-0.4, -0.2) is 23.1 Å². The molecule has 1 aromatic carbocycles. The number of aromatic nitrogens is 2. The third-order valence-corrected chi connectivity index (χ3v) is 4.36. The molecule has 0 N–H and O–H groups in total. The number of pyridine rings is 2. The molecule has 1 aliphatic rings. The molecule has 0 atom stereocenters. The van der Waals surface area contributed by atoms with Gasteiger partial charge in [-0.05, 0) is 30.7 Å². The molecular formula is C17H14BrN3. The number of rotatable bonds is 2. The minimum atomic E-state index is 0.985. The lowest BCUT2D eigenvalue weighted by Gasteiger charge is -2.32. The van der Waals surface area contributed by atoms with Crippen molar-refractivity contribution in [2.45, 2.75) is 6.42 Å². The molecule has 3 aromatic rings. The summed E-state index contributed by atoms with van der Waals surface area (Å²) in [6, 6.07) is 14.5. The highest BCUT2D eigenvalue weighted by molar-refractivity contribution is 9.10. The maximum absolute atomic E-state index is 4.86. The molecule has 1 saturated heterocycles. The van der Waals surface area contributed by atoms with Crippen LogP contribution in [0.3, 0.4) is 0 Å². The zero-order valence-electron chi connectivity index (χ0n) is 11.5. The molecule has 0 amide bonds. The molecule has 4 rings (SSSR count). The second kappa shape index (κ2) is 5.11. The maximum atomic E-state index is 4.86. The van der Waals surface area contributed by atoms with Gasteiger partial charge in [0.05, 0.1) is 5.69 Å². The molecule has 4 heteroatoms. The molecular weight excluding hydrogens is 326 g/mol. The zero-order chi connectivity index (χ0) is 14.2. The van der Waals surface area contributed by atoms with Crippen LogP contribution in [0.25, 0.3) is 22.2 Å². The van der Waals surface area contributed by atoms with Crippen LogP contribution >= 0.6 is 15.9 Å². The summed E-state index contributed by atoms with van der Waals surface area (Å²) in [7, 11) is 0. The molecule has 0 spiro atoms. The zero-order valence-corrected chi connectivity index (χ0v) is 13.0. The van der Waals surface area contributed by atoms with Gasteiger partial charge in [0.2, 0.25) is 0 Å². The number of nitrogens with zero attached hydrogens (tertiary/aromatic N) is 3. The van der Waals surface area contributed by atoms with Gasteiger partial charge in [-0.15, -0.1) is 0 Å². The smallest absolute Gasteiger partial charge is 0.155 e. The topological polar surface area (TPSA) is 29.0 Å². The number of halogens is 1. The molecule has 1 aliphatic heterocycles. The van der Waals surface area contributed by atoms with Gasteiger partial charge in [0.15, 0.2) is 5.82 Å². The fourth-order valence-corrected chi connectivity index (χ4v) is 3.00. The first-order chi connectivity index (χ1) is 10.3. The van der Waals surface area contributed by atoms with Crippen LogP contribution < -0.4 is 4.90 Å². The van der Waals surface area contributed by atoms with E-state index in [1.54, 1.807) is 0 Å². The van der Waals surface area contributed by atoms with E-state index in [1.165, 1.54) is 6.42 Å². The Balaban J connectivity index is 1.88. The first-order valence-electron chi connectivity index (χ1n) is 7.08. The molecule has 0 bridgehead atoms. The Hall–Kier alpha value is -1.94. The van der Waals surface area contributed by atoms with Crippen molar-refractivity contribution >= 4 is 32.7 Å². The van der Waals surface area contributed by atoms with E-state index in [-0.39, 0.29) is 0 Å². The van der Waals surface area contributed by atoms with E-state index in [2.05, 4.69) is 50.1 Å². The van der Waals surface area contributed by atoms with E-state index in [0.29, 0.717) is 0 Å². The first kappa shape index (κ1) is 12.8. The Labute approximate surface area is 131 Å². The number of hydrogen-bond donors (Lipinski definition) is 0. The Kier molecular flexibility index (Phi) is 3.11. The second-order valence-electron chi connectivity index (χ2n) is 5.25. The largest absolute Gasteiger partial charge is 0.355 e. The third-order valence-electron chi connectivity index (χ3n) is 3.87. The fraction of sp³-hybridized carbons (Fsp3) is 0.176. The van der Waals surface area contributed by atoms with Crippen molar-refractivity contribution in [1.29, 1.82) is 0 Å². The van der Waals surface area contributed by atoms with Gasteiger partial charge in [-0.2, -0.15) is 0 Å². The normalized spacial score (nSPS) is 14.2. The average molecular weight is 340 g/mol. The van der Waals surface area contributed by atoms with Gasteiger partial charge < -0.3 is 4.90 Å². The predicted octanol–water partition coefficient (Wildman–Crippen LogP) is 4.27. The van der Waals surface area contributed by atoms with E-state index in [1.807, 2.05) is 24.4 Å². The molecule has 1 fully saturated rings. The second-order valence-corrected chi connectivity index (χ2v) is 6.17. The molecule has 0 aliphatic carbocycles. The summed E-state index contributed by atoms with van der Waals surface area (Å²) in [5.41, 5.74) is 3.10. The standard InChI is InChI=1S/C17H14BrN3/c18-14-4-1-3-13(11-14)15-6-5-12-7-8-19-17(16(12)20-15)21-9-2-10-21/h1,3-8,11H,2,9-10H2. The van der Waals surface area contributed by atoms with Crippen LogP contribution in [0.4, 0.5) is 5.82 Å². The van der Waals surface area contributed by atoms with Crippen molar-refractivity contribution in [3.05, 3.63) is 53.1 Å². The molecule has 0 radical (unpaired) electrons. The quantitative estimate of drug-likeness (QED) is 0.698. The van der Waals surface area contributed by atoms with E-state index in [9.17, 15) is 0 Å². The number of benzene rings is 1. The lowest BCUT2D eigenvalue weighted by atomic mass is 10.1. The summed E-state index contributed by atoms with van der Waals surface area (Å²) in [5, 5.41) is 1.14. The van der Waals surface area contributed by atoms with E-state index in [0.717, 1.165) is 45.5 Å². The molecule has 3 heterocycles. The van der Waals surface area contributed by atoms with E-state index < -0.39 is 0 Å². The summed E-state index contributed by atoms with van der Waals surface area (Å²) in [5.74, 6) is 1.01. The maximum Gasteiger partial charge on any atom is 0.155 e.